The molecule has 0 spiro atoms. The minimum Gasteiger partial charge on any atom is -0.198 e. The molecule has 0 saturated carbocycles. The van der Waals surface area contributed by atoms with Crippen molar-refractivity contribution in [2.75, 3.05) is 0 Å². The van der Waals surface area contributed by atoms with Crippen LogP contribution in [0.5, 0.6) is 0 Å². The molecule has 0 fully saturated rings. The topological polar surface area (TPSA) is 23.8 Å². The van der Waals surface area contributed by atoms with E-state index in [-0.39, 0.29) is 0 Å². The van der Waals surface area contributed by atoms with Gasteiger partial charge in [0, 0.05) is 0 Å². The van der Waals surface area contributed by atoms with Gasteiger partial charge in [0.1, 0.15) is 0 Å². The van der Waals surface area contributed by atoms with Crippen molar-refractivity contribution in [2.45, 2.75) is 19.3 Å². The van der Waals surface area contributed by atoms with Gasteiger partial charge < -0.3 is 0 Å². The molecule has 1 aromatic carbocycles. The first kappa shape index (κ1) is 8.07. The molecule has 0 amide bonds. The van der Waals surface area contributed by atoms with E-state index in [1.807, 2.05) is 6.07 Å². The van der Waals surface area contributed by atoms with Crippen molar-refractivity contribution in [3.63, 3.8) is 0 Å². The van der Waals surface area contributed by atoms with Gasteiger partial charge in [0.15, 0.2) is 0 Å². The van der Waals surface area contributed by atoms with Gasteiger partial charge in [-0.2, -0.15) is 5.26 Å². The molecule has 1 aliphatic rings. The molecule has 13 heavy (non-hydrogen) atoms. The van der Waals surface area contributed by atoms with Gasteiger partial charge in [-0.3, -0.25) is 0 Å². The van der Waals surface area contributed by atoms with Crippen LogP contribution in [0.4, 0.5) is 0 Å². The number of fused-ring (bicyclic) bond motifs is 1. The first-order valence-corrected chi connectivity index (χ1v) is 4.56. The lowest BCUT2D eigenvalue weighted by atomic mass is 9.90. The quantitative estimate of drug-likeness (QED) is 0.634. The Balaban J connectivity index is 2.42. The van der Waals surface area contributed by atoms with Crippen LogP contribution in [-0.2, 0) is 6.42 Å². The highest BCUT2D eigenvalue weighted by Crippen LogP contribution is 2.27. The molecule has 0 radical (unpaired) electrons. The van der Waals surface area contributed by atoms with Crippen LogP contribution in [0.3, 0.4) is 0 Å². The molecule has 0 unspecified atom stereocenters. The van der Waals surface area contributed by atoms with E-state index in [0.717, 1.165) is 12.8 Å². The van der Waals surface area contributed by atoms with Gasteiger partial charge in [0.25, 0.3) is 0 Å². The molecule has 1 heteroatoms. The molecule has 1 aliphatic carbocycles. The normalized spacial score (nSPS) is 14.2. The molecule has 0 atom stereocenters. The van der Waals surface area contributed by atoms with E-state index < -0.39 is 0 Å². The van der Waals surface area contributed by atoms with Crippen LogP contribution in [-0.4, -0.2) is 0 Å². The SMILES string of the molecule is N#CCC1=CCCc2ccccc21. The maximum absolute atomic E-state index is 8.65. The maximum Gasteiger partial charge on any atom is 0.0669 e. The highest BCUT2D eigenvalue weighted by Gasteiger charge is 2.10. The summed E-state index contributed by atoms with van der Waals surface area (Å²) >= 11 is 0. The summed E-state index contributed by atoms with van der Waals surface area (Å²) in [5, 5.41) is 8.65. The molecule has 0 N–H and O–H groups in total. The molecule has 2 rings (SSSR count). The number of nitriles is 1. The zero-order valence-electron chi connectivity index (χ0n) is 7.46. The monoisotopic (exact) mass is 169 g/mol. The molecule has 1 nitrogen and oxygen atoms in total. The summed E-state index contributed by atoms with van der Waals surface area (Å²) in [4.78, 5) is 0. The van der Waals surface area contributed by atoms with E-state index >= 15 is 0 Å². The standard InChI is InChI=1S/C12H11N/c13-9-8-11-6-3-5-10-4-1-2-7-12(10)11/h1-2,4,6-7H,3,5,8H2. The number of allylic oxidation sites excluding steroid dienone is 2. The summed E-state index contributed by atoms with van der Waals surface area (Å²) in [5.41, 5.74) is 3.86. The molecule has 0 heterocycles. The molecule has 1 aromatic rings. The predicted molar refractivity (Wildman–Crippen MR) is 53.0 cm³/mol. The zero-order valence-corrected chi connectivity index (χ0v) is 7.46. The van der Waals surface area contributed by atoms with Crippen molar-refractivity contribution < 1.29 is 0 Å². The molecule has 0 aliphatic heterocycles. The second kappa shape index (κ2) is 3.45. The maximum atomic E-state index is 8.65. The van der Waals surface area contributed by atoms with Gasteiger partial charge in [-0.1, -0.05) is 30.3 Å². The number of benzene rings is 1. The summed E-state index contributed by atoms with van der Waals surface area (Å²) in [7, 11) is 0. The Kier molecular flexibility index (Phi) is 2.14. The molecular formula is C12H11N. The summed E-state index contributed by atoms with van der Waals surface area (Å²) in [5.74, 6) is 0. The second-order valence-electron chi connectivity index (χ2n) is 3.26. The van der Waals surface area contributed by atoms with Crippen LogP contribution >= 0.6 is 0 Å². The average molecular weight is 169 g/mol. The Morgan fingerprint density at radius 3 is 3.00 bits per heavy atom. The largest absolute Gasteiger partial charge is 0.198 e. The van der Waals surface area contributed by atoms with Crippen LogP contribution < -0.4 is 0 Å². The van der Waals surface area contributed by atoms with E-state index in [2.05, 4.69) is 30.3 Å². The van der Waals surface area contributed by atoms with Crippen molar-refractivity contribution in [2.24, 2.45) is 0 Å². The number of hydrogen-bond donors (Lipinski definition) is 0. The lowest BCUT2D eigenvalue weighted by molar-refractivity contribution is 0.970. The smallest absolute Gasteiger partial charge is 0.0669 e. The Bertz CT molecular complexity index is 382. The first-order chi connectivity index (χ1) is 6.42. The Hall–Kier alpha value is -1.55. The fourth-order valence-electron chi connectivity index (χ4n) is 1.82. The summed E-state index contributed by atoms with van der Waals surface area (Å²) in [6.45, 7) is 0. The van der Waals surface area contributed by atoms with Crippen LogP contribution in [0.1, 0.15) is 24.0 Å². The lowest BCUT2D eigenvalue weighted by Gasteiger charge is -2.15. The van der Waals surface area contributed by atoms with Crippen molar-refractivity contribution in [1.29, 1.82) is 5.26 Å². The highest BCUT2D eigenvalue weighted by molar-refractivity contribution is 5.71. The third-order valence-corrected chi connectivity index (χ3v) is 2.44. The fourth-order valence-corrected chi connectivity index (χ4v) is 1.82. The van der Waals surface area contributed by atoms with E-state index in [9.17, 15) is 0 Å². The van der Waals surface area contributed by atoms with E-state index in [1.165, 1.54) is 16.7 Å². The van der Waals surface area contributed by atoms with Crippen molar-refractivity contribution in [3.05, 3.63) is 41.5 Å². The highest BCUT2D eigenvalue weighted by atomic mass is 14.2. The second-order valence-corrected chi connectivity index (χ2v) is 3.26. The Labute approximate surface area is 78.3 Å². The van der Waals surface area contributed by atoms with Crippen LogP contribution in [0.25, 0.3) is 5.57 Å². The fraction of sp³-hybridized carbons (Fsp3) is 0.250. The minimum absolute atomic E-state index is 0.539. The van der Waals surface area contributed by atoms with Crippen LogP contribution in [0.2, 0.25) is 0 Å². The minimum atomic E-state index is 0.539. The molecule has 0 aromatic heterocycles. The zero-order chi connectivity index (χ0) is 9.10. The van der Waals surface area contributed by atoms with Gasteiger partial charge in [0.05, 0.1) is 12.5 Å². The van der Waals surface area contributed by atoms with E-state index in [4.69, 9.17) is 5.26 Å². The van der Waals surface area contributed by atoms with Gasteiger partial charge in [-0.25, -0.2) is 0 Å². The number of hydrogen-bond acceptors (Lipinski definition) is 1. The summed E-state index contributed by atoms with van der Waals surface area (Å²) < 4.78 is 0. The third kappa shape index (κ3) is 1.48. The average Bonchev–Trinajstić information content (AvgIpc) is 2.19. The number of nitrogens with zero attached hydrogens (tertiary/aromatic N) is 1. The number of aryl methyl sites for hydroxylation is 1. The molecule has 0 bridgehead atoms. The predicted octanol–water partition coefficient (Wildman–Crippen LogP) is 2.93. The molecular weight excluding hydrogens is 158 g/mol. The molecule has 64 valence electrons. The summed E-state index contributed by atoms with van der Waals surface area (Å²) in [6, 6.07) is 10.6. The van der Waals surface area contributed by atoms with Crippen molar-refractivity contribution in [1.82, 2.24) is 0 Å². The molecule has 0 saturated heterocycles. The van der Waals surface area contributed by atoms with Crippen molar-refractivity contribution in [3.8, 4) is 6.07 Å². The summed E-state index contributed by atoms with van der Waals surface area (Å²) in [6.07, 6.45) is 4.92. The Morgan fingerprint density at radius 2 is 2.15 bits per heavy atom. The van der Waals surface area contributed by atoms with Gasteiger partial charge in [-0.05, 0) is 29.5 Å². The van der Waals surface area contributed by atoms with Crippen molar-refractivity contribution >= 4 is 5.57 Å². The van der Waals surface area contributed by atoms with E-state index in [0.29, 0.717) is 6.42 Å². The van der Waals surface area contributed by atoms with Gasteiger partial charge in [-0.15, -0.1) is 0 Å². The van der Waals surface area contributed by atoms with Gasteiger partial charge >= 0.3 is 0 Å². The van der Waals surface area contributed by atoms with E-state index in [1.54, 1.807) is 0 Å². The van der Waals surface area contributed by atoms with Crippen LogP contribution in [0, 0.1) is 11.3 Å². The first-order valence-electron chi connectivity index (χ1n) is 4.56. The van der Waals surface area contributed by atoms with Gasteiger partial charge in [0.2, 0.25) is 0 Å². The Morgan fingerprint density at radius 1 is 1.31 bits per heavy atom. The lowest BCUT2D eigenvalue weighted by Crippen LogP contribution is -1.98. The number of rotatable bonds is 1. The third-order valence-electron chi connectivity index (χ3n) is 2.44. The van der Waals surface area contributed by atoms with Crippen LogP contribution in [0.15, 0.2) is 30.3 Å².